The third-order valence-corrected chi connectivity index (χ3v) is 6.09. The first-order valence-electron chi connectivity index (χ1n) is 11.3. The first-order valence-corrected chi connectivity index (χ1v) is 11.3. The fourth-order valence-electron chi connectivity index (χ4n) is 4.21. The van der Waals surface area contributed by atoms with Gasteiger partial charge in [-0.1, -0.05) is 50.3 Å². The molecular weight excluding hydrogens is 418 g/mol. The summed E-state index contributed by atoms with van der Waals surface area (Å²) in [6, 6.07) is 7.44. The summed E-state index contributed by atoms with van der Waals surface area (Å²) in [5.74, 6) is -2.56. The first-order chi connectivity index (χ1) is 15.6. The highest BCUT2D eigenvalue weighted by atomic mass is 16.4. The van der Waals surface area contributed by atoms with Crippen molar-refractivity contribution in [3.05, 3.63) is 54.6 Å². The maximum atomic E-state index is 13.5. The number of nitrogens with zero attached hydrogens (tertiary/aromatic N) is 2. The van der Waals surface area contributed by atoms with Gasteiger partial charge in [-0.2, -0.15) is 0 Å². The Kier molecular flexibility index (Phi) is 9.14. The Labute approximate surface area is 196 Å². The van der Waals surface area contributed by atoms with Crippen molar-refractivity contribution in [3.63, 3.8) is 0 Å². The number of aliphatic imine (C=N–C) groups is 1. The lowest BCUT2D eigenvalue weighted by atomic mass is 9.69. The number of aryl methyl sites for hydroxylation is 1. The lowest BCUT2D eigenvalue weighted by Gasteiger charge is -2.34. The number of rotatable bonds is 11. The largest absolute Gasteiger partial charge is 0.481 e. The lowest BCUT2D eigenvalue weighted by Crippen LogP contribution is -2.52. The number of hydrogen-bond donors (Lipinski definition) is 2. The van der Waals surface area contributed by atoms with E-state index in [1.54, 1.807) is 13.1 Å². The Bertz CT molecular complexity index is 927. The molecule has 0 aliphatic heterocycles. The molecule has 1 aromatic rings. The van der Waals surface area contributed by atoms with Crippen LogP contribution >= 0.6 is 0 Å². The summed E-state index contributed by atoms with van der Waals surface area (Å²) in [7, 11) is 1.64. The maximum Gasteiger partial charge on any atom is 0.311 e. The van der Waals surface area contributed by atoms with E-state index in [4.69, 9.17) is 0 Å². The van der Waals surface area contributed by atoms with E-state index in [-0.39, 0.29) is 18.8 Å². The summed E-state index contributed by atoms with van der Waals surface area (Å²) in [5, 5.41) is 12.8. The molecule has 0 bridgehead atoms. The zero-order valence-corrected chi connectivity index (χ0v) is 20.0. The molecule has 2 amide bonds. The molecule has 0 heterocycles. The first kappa shape index (κ1) is 26.0. The summed E-state index contributed by atoms with van der Waals surface area (Å²) < 4.78 is 0. The van der Waals surface area contributed by atoms with Gasteiger partial charge in [0.25, 0.3) is 5.91 Å². The van der Waals surface area contributed by atoms with Crippen LogP contribution in [0.15, 0.2) is 54.1 Å². The molecule has 2 atom stereocenters. The second kappa shape index (κ2) is 11.6. The minimum Gasteiger partial charge on any atom is -0.481 e. The summed E-state index contributed by atoms with van der Waals surface area (Å²) in [5.41, 5.74) is 0.406. The molecule has 7 nitrogen and oxygen atoms in total. The van der Waals surface area contributed by atoms with Crippen molar-refractivity contribution in [2.45, 2.75) is 52.6 Å². The van der Waals surface area contributed by atoms with Gasteiger partial charge < -0.3 is 15.3 Å². The van der Waals surface area contributed by atoms with E-state index in [0.717, 1.165) is 5.56 Å². The van der Waals surface area contributed by atoms with Crippen LogP contribution in [0.4, 0.5) is 5.69 Å². The summed E-state index contributed by atoms with van der Waals surface area (Å²) in [6.45, 7) is 9.46. The fraction of sp³-hybridized carbons (Fsp3) is 0.462. The molecule has 1 aromatic carbocycles. The van der Waals surface area contributed by atoms with Crippen LogP contribution in [-0.4, -0.2) is 42.3 Å². The standard InChI is InChI=1S/C26H35N3O4/c1-6-7-16-27-22(24(31)29(5)21-13-9-8-12-19(21)4)28-23(30)20(17-18(2)3)26(25(32)33)14-10-11-15-26/h6,8-13,16,18,20,22H,1,7,14-15,17H2,2-5H3,(H,28,30)(H,32,33)/b27-16+/t20-,22?/m0/s1. The Morgan fingerprint density at radius 1 is 1.24 bits per heavy atom. The van der Waals surface area contributed by atoms with Crippen molar-refractivity contribution in [2.75, 3.05) is 11.9 Å². The van der Waals surface area contributed by atoms with Crippen LogP contribution in [0.5, 0.6) is 0 Å². The number of allylic oxidation sites excluding steroid dienone is 3. The van der Waals surface area contributed by atoms with Crippen LogP contribution < -0.4 is 10.2 Å². The fourth-order valence-corrected chi connectivity index (χ4v) is 4.21. The molecule has 0 fully saturated rings. The van der Waals surface area contributed by atoms with Gasteiger partial charge in [0.2, 0.25) is 12.1 Å². The number of carbonyl (C=O) groups is 3. The summed E-state index contributed by atoms with van der Waals surface area (Å²) in [4.78, 5) is 44.9. The Hall–Kier alpha value is -3.22. The topological polar surface area (TPSA) is 99.1 Å². The van der Waals surface area contributed by atoms with E-state index in [1.165, 1.54) is 11.1 Å². The minimum atomic E-state index is -1.21. The second-order valence-electron chi connectivity index (χ2n) is 8.97. The number of para-hydroxylation sites is 1. The van der Waals surface area contributed by atoms with Gasteiger partial charge in [-0.3, -0.25) is 19.4 Å². The van der Waals surface area contributed by atoms with Crippen molar-refractivity contribution in [2.24, 2.45) is 22.2 Å². The molecule has 0 saturated heterocycles. The number of carboxylic acid groups (broad SMARTS) is 1. The molecule has 1 aliphatic rings. The molecular formula is C26H35N3O4. The van der Waals surface area contributed by atoms with E-state index >= 15 is 0 Å². The van der Waals surface area contributed by atoms with Gasteiger partial charge in [-0.25, -0.2) is 0 Å². The summed E-state index contributed by atoms with van der Waals surface area (Å²) >= 11 is 0. The van der Waals surface area contributed by atoms with Gasteiger partial charge in [0.1, 0.15) is 0 Å². The van der Waals surface area contributed by atoms with Crippen LogP contribution in [0.2, 0.25) is 0 Å². The maximum absolute atomic E-state index is 13.5. The predicted octanol–water partition coefficient (Wildman–Crippen LogP) is 4.13. The lowest BCUT2D eigenvalue weighted by molar-refractivity contribution is -0.157. The van der Waals surface area contributed by atoms with Gasteiger partial charge in [0.15, 0.2) is 0 Å². The molecule has 2 N–H and O–H groups in total. The van der Waals surface area contributed by atoms with Gasteiger partial charge in [-0.05, 0) is 43.7 Å². The van der Waals surface area contributed by atoms with Crippen molar-refractivity contribution in [3.8, 4) is 0 Å². The molecule has 2 rings (SSSR count). The number of likely N-dealkylation sites (N-methyl/N-ethyl adjacent to an activating group) is 1. The molecule has 7 heteroatoms. The highest BCUT2D eigenvalue weighted by Crippen LogP contribution is 2.44. The highest BCUT2D eigenvalue weighted by molar-refractivity contribution is 6.00. The van der Waals surface area contributed by atoms with Crippen LogP contribution in [-0.2, 0) is 14.4 Å². The van der Waals surface area contributed by atoms with E-state index in [1.807, 2.05) is 57.2 Å². The van der Waals surface area contributed by atoms with Crippen molar-refractivity contribution < 1.29 is 19.5 Å². The Morgan fingerprint density at radius 3 is 2.42 bits per heavy atom. The number of amides is 2. The number of anilines is 1. The monoisotopic (exact) mass is 453 g/mol. The normalized spacial score (nSPS) is 16.5. The molecule has 1 unspecified atom stereocenters. The van der Waals surface area contributed by atoms with Crippen LogP contribution in [0.3, 0.4) is 0 Å². The molecule has 178 valence electrons. The Balaban J connectivity index is 2.36. The third kappa shape index (κ3) is 6.18. The number of carboxylic acids is 1. The van der Waals surface area contributed by atoms with Crippen molar-refractivity contribution in [1.82, 2.24) is 5.32 Å². The summed E-state index contributed by atoms with van der Waals surface area (Å²) in [6.07, 6.45) is 7.03. The quantitative estimate of drug-likeness (QED) is 0.389. The third-order valence-electron chi connectivity index (χ3n) is 6.09. The Morgan fingerprint density at radius 2 is 1.88 bits per heavy atom. The smallest absolute Gasteiger partial charge is 0.311 e. The number of hydrogen-bond acceptors (Lipinski definition) is 4. The van der Waals surface area contributed by atoms with Crippen LogP contribution in [0.1, 0.15) is 45.1 Å². The van der Waals surface area contributed by atoms with E-state index < -0.39 is 35.3 Å². The number of benzene rings is 1. The number of aliphatic carboxylic acids is 1. The molecule has 1 aliphatic carbocycles. The number of carbonyl (C=O) groups excluding carboxylic acids is 2. The molecule has 0 spiro atoms. The van der Waals surface area contributed by atoms with Gasteiger partial charge >= 0.3 is 5.97 Å². The second-order valence-corrected chi connectivity index (χ2v) is 8.97. The SMILES string of the molecule is C=CC/C=N/C(NC(=O)[C@H](CC(C)C)C1(C(=O)O)CC=CC1)C(=O)N(C)c1ccccc1C. The van der Waals surface area contributed by atoms with Crippen molar-refractivity contribution in [1.29, 1.82) is 0 Å². The van der Waals surface area contributed by atoms with Crippen molar-refractivity contribution >= 4 is 29.7 Å². The zero-order valence-electron chi connectivity index (χ0n) is 20.0. The van der Waals surface area contributed by atoms with Crippen LogP contribution in [0, 0.1) is 24.2 Å². The average Bonchev–Trinajstić information content (AvgIpc) is 3.27. The molecule has 0 radical (unpaired) electrons. The highest BCUT2D eigenvalue weighted by Gasteiger charge is 2.50. The van der Waals surface area contributed by atoms with E-state index in [9.17, 15) is 19.5 Å². The van der Waals surface area contributed by atoms with Gasteiger partial charge in [-0.15, -0.1) is 6.58 Å². The van der Waals surface area contributed by atoms with Gasteiger partial charge in [0, 0.05) is 25.4 Å². The number of nitrogens with one attached hydrogen (secondary N) is 1. The molecule has 33 heavy (non-hydrogen) atoms. The zero-order chi connectivity index (χ0) is 24.6. The minimum absolute atomic E-state index is 0.102. The average molecular weight is 454 g/mol. The van der Waals surface area contributed by atoms with Gasteiger partial charge in [0.05, 0.1) is 11.3 Å². The van der Waals surface area contributed by atoms with E-state index in [0.29, 0.717) is 18.5 Å². The van der Waals surface area contributed by atoms with E-state index in [2.05, 4.69) is 16.9 Å². The predicted molar refractivity (Wildman–Crippen MR) is 131 cm³/mol. The molecule has 0 aromatic heterocycles. The molecule has 0 saturated carbocycles. The van der Waals surface area contributed by atoms with Crippen LogP contribution in [0.25, 0.3) is 0 Å².